The highest BCUT2D eigenvalue weighted by atomic mass is 35.5. The van der Waals surface area contributed by atoms with Crippen LogP contribution in [-0.2, 0) is 14.8 Å². The monoisotopic (exact) mass is 290 g/mol. The van der Waals surface area contributed by atoms with Crippen LogP contribution in [-0.4, -0.2) is 19.7 Å². The summed E-state index contributed by atoms with van der Waals surface area (Å²) in [4.78, 5) is 11.4. The van der Waals surface area contributed by atoms with Crippen LogP contribution in [0.4, 0.5) is 0 Å². The normalized spacial score (nSPS) is 14.9. The first kappa shape index (κ1) is 14.9. The number of sulfonamides is 1. The summed E-state index contributed by atoms with van der Waals surface area (Å²) in [5.74, 6) is -0.278. The van der Waals surface area contributed by atoms with Crippen molar-refractivity contribution < 1.29 is 13.2 Å². The zero-order valence-electron chi connectivity index (χ0n) is 10.1. The van der Waals surface area contributed by atoms with Gasteiger partial charge in [-0.05, 0) is 31.5 Å². The van der Waals surface area contributed by atoms with Crippen molar-refractivity contribution in [2.45, 2.75) is 30.2 Å². The first-order valence-electron chi connectivity index (χ1n) is 5.29. The third-order valence-corrected chi connectivity index (χ3v) is 3.56. The Bertz CT molecular complexity index is 526. The van der Waals surface area contributed by atoms with Gasteiger partial charge in [0, 0.05) is 0 Å². The zero-order chi connectivity index (χ0) is 13.9. The first-order chi connectivity index (χ1) is 8.21. The Morgan fingerprint density at radius 2 is 1.78 bits per heavy atom. The van der Waals surface area contributed by atoms with Gasteiger partial charge >= 0.3 is 0 Å². The van der Waals surface area contributed by atoms with Crippen molar-refractivity contribution in [3.05, 3.63) is 29.8 Å². The molecule has 1 rings (SSSR count). The smallest absolute Gasteiger partial charge is 0.238 e. The SMILES string of the molecule is C[C@H](Cl)C(=O)N[C@@H](C)c1ccc(S(N)(=O)=O)cc1. The summed E-state index contributed by atoms with van der Waals surface area (Å²) in [6.07, 6.45) is 0. The van der Waals surface area contributed by atoms with E-state index >= 15 is 0 Å². The molecular weight excluding hydrogens is 276 g/mol. The second kappa shape index (κ2) is 5.69. The molecule has 18 heavy (non-hydrogen) atoms. The maximum atomic E-state index is 11.4. The van der Waals surface area contributed by atoms with Crippen LogP contribution in [0, 0.1) is 0 Å². The number of primary sulfonamides is 1. The Balaban J connectivity index is 2.83. The van der Waals surface area contributed by atoms with Crippen molar-refractivity contribution in [1.82, 2.24) is 5.32 Å². The van der Waals surface area contributed by atoms with E-state index in [4.69, 9.17) is 16.7 Å². The van der Waals surface area contributed by atoms with Gasteiger partial charge in [0.2, 0.25) is 15.9 Å². The van der Waals surface area contributed by atoms with Gasteiger partial charge in [0.05, 0.1) is 10.9 Å². The second-order valence-corrected chi connectivity index (χ2v) is 6.18. The number of alkyl halides is 1. The minimum Gasteiger partial charge on any atom is -0.348 e. The Kier molecular flexibility index (Phi) is 4.72. The molecule has 0 heterocycles. The fourth-order valence-electron chi connectivity index (χ4n) is 1.36. The molecule has 0 unspecified atom stereocenters. The first-order valence-corrected chi connectivity index (χ1v) is 7.27. The summed E-state index contributed by atoms with van der Waals surface area (Å²) < 4.78 is 22.1. The van der Waals surface area contributed by atoms with Crippen LogP contribution in [0.2, 0.25) is 0 Å². The van der Waals surface area contributed by atoms with Gasteiger partial charge in [0.1, 0.15) is 5.38 Å². The molecule has 1 aromatic carbocycles. The Hall–Kier alpha value is -1.11. The highest BCUT2D eigenvalue weighted by Gasteiger charge is 2.14. The van der Waals surface area contributed by atoms with Gasteiger partial charge in [-0.3, -0.25) is 4.79 Å². The van der Waals surface area contributed by atoms with Crippen molar-refractivity contribution >= 4 is 27.5 Å². The fourth-order valence-corrected chi connectivity index (χ4v) is 1.94. The molecule has 0 saturated heterocycles. The van der Waals surface area contributed by atoms with Crippen LogP contribution < -0.4 is 10.5 Å². The molecule has 0 fully saturated rings. The number of hydrogen-bond donors (Lipinski definition) is 2. The van der Waals surface area contributed by atoms with E-state index in [-0.39, 0.29) is 16.8 Å². The van der Waals surface area contributed by atoms with E-state index in [1.165, 1.54) is 12.1 Å². The van der Waals surface area contributed by atoms with Crippen LogP contribution in [0.1, 0.15) is 25.5 Å². The highest BCUT2D eigenvalue weighted by Crippen LogP contribution is 2.15. The number of benzene rings is 1. The minimum absolute atomic E-state index is 0.0375. The molecule has 0 bridgehead atoms. The predicted molar refractivity (Wildman–Crippen MR) is 69.7 cm³/mol. The summed E-state index contributed by atoms with van der Waals surface area (Å²) in [5.41, 5.74) is 0.771. The van der Waals surface area contributed by atoms with Crippen molar-refractivity contribution in [2.24, 2.45) is 5.14 Å². The summed E-state index contributed by atoms with van der Waals surface area (Å²) in [5, 5.41) is 7.08. The molecule has 0 spiro atoms. The lowest BCUT2D eigenvalue weighted by molar-refractivity contribution is -0.121. The molecule has 1 amide bonds. The lowest BCUT2D eigenvalue weighted by atomic mass is 10.1. The van der Waals surface area contributed by atoms with Gasteiger partial charge < -0.3 is 5.32 Å². The van der Waals surface area contributed by atoms with Crippen LogP contribution >= 0.6 is 11.6 Å². The number of halogens is 1. The topological polar surface area (TPSA) is 89.3 Å². The Labute approximate surface area is 111 Å². The summed E-state index contributed by atoms with van der Waals surface area (Å²) in [7, 11) is -3.69. The number of rotatable bonds is 4. The molecule has 1 aromatic rings. The Morgan fingerprint density at radius 1 is 1.28 bits per heavy atom. The minimum atomic E-state index is -3.69. The van der Waals surface area contributed by atoms with E-state index < -0.39 is 15.4 Å². The van der Waals surface area contributed by atoms with E-state index in [0.29, 0.717) is 0 Å². The average molecular weight is 291 g/mol. The number of amides is 1. The molecule has 100 valence electrons. The van der Waals surface area contributed by atoms with Gasteiger partial charge in [-0.2, -0.15) is 0 Å². The largest absolute Gasteiger partial charge is 0.348 e. The van der Waals surface area contributed by atoms with E-state index in [1.54, 1.807) is 26.0 Å². The summed E-state index contributed by atoms with van der Waals surface area (Å²) in [6, 6.07) is 5.75. The van der Waals surface area contributed by atoms with Crippen LogP contribution in [0.15, 0.2) is 29.2 Å². The maximum Gasteiger partial charge on any atom is 0.238 e. The van der Waals surface area contributed by atoms with Crippen molar-refractivity contribution in [1.29, 1.82) is 0 Å². The molecule has 0 radical (unpaired) electrons. The zero-order valence-corrected chi connectivity index (χ0v) is 11.6. The van der Waals surface area contributed by atoms with Gasteiger partial charge in [-0.25, -0.2) is 13.6 Å². The van der Waals surface area contributed by atoms with Gasteiger partial charge in [0.25, 0.3) is 0 Å². The van der Waals surface area contributed by atoms with Crippen molar-refractivity contribution in [3.8, 4) is 0 Å². The lowest BCUT2D eigenvalue weighted by Gasteiger charge is -2.15. The molecule has 0 aromatic heterocycles. The molecule has 0 aliphatic carbocycles. The highest BCUT2D eigenvalue weighted by molar-refractivity contribution is 7.89. The molecule has 0 saturated carbocycles. The fraction of sp³-hybridized carbons (Fsp3) is 0.364. The van der Waals surface area contributed by atoms with Crippen LogP contribution in [0.3, 0.4) is 0 Å². The van der Waals surface area contributed by atoms with Crippen molar-refractivity contribution in [2.75, 3.05) is 0 Å². The van der Waals surface area contributed by atoms with E-state index in [2.05, 4.69) is 5.32 Å². The predicted octanol–water partition coefficient (Wildman–Crippen LogP) is 1.14. The number of nitrogens with two attached hydrogens (primary N) is 1. The van der Waals surface area contributed by atoms with Crippen LogP contribution in [0.25, 0.3) is 0 Å². The van der Waals surface area contributed by atoms with E-state index in [9.17, 15) is 13.2 Å². The Morgan fingerprint density at radius 3 is 2.17 bits per heavy atom. The maximum absolute atomic E-state index is 11.4. The van der Waals surface area contributed by atoms with E-state index in [0.717, 1.165) is 5.56 Å². The molecule has 2 atom stereocenters. The van der Waals surface area contributed by atoms with Gasteiger partial charge in [-0.15, -0.1) is 11.6 Å². The molecule has 0 aliphatic heterocycles. The van der Waals surface area contributed by atoms with Gasteiger partial charge in [0.15, 0.2) is 0 Å². The molecular formula is C11H15ClN2O3S. The summed E-state index contributed by atoms with van der Waals surface area (Å²) >= 11 is 5.64. The van der Waals surface area contributed by atoms with Crippen molar-refractivity contribution in [3.63, 3.8) is 0 Å². The third-order valence-electron chi connectivity index (χ3n) is 2.43. The molecule has 7 heteroatoms. The second-order valence-electron chi connectivity index (χ2n) is 3.96. The number of carbonyl (C=O) groups is 1. The molecule has 3 N–H and O–H groups in total. The molecule has 5 nitrogen and oxygen atoms in total. The average Bonchev–Trinajstić information content (AvgIpc) is 2.27. The summed E-state index contributed by atoms with van der Waals surface area (Å²) in [6.45, 7) is 3.36. The molecule has 0 aliphatic rings. The number of hydrogen-bond acceptors (Lipinski definition) is 3. The van der Waals surface area contributed by atoms with E-state index in [1.807, 2.05) is 0 Å². The number of carbonyl (C=O) groups excluding carboxylic acids is 1. The third kappa shape index (κ3) is 3.97. The van der Waals surface area contributed by atoms with Gasteiger partial charge in [-0.1, -0.05) is 12.1 Å². The number of nitrogens with one attached hydrogen (secondary N) is 1. The quantitative estimate of drug-likeness (QED) is 0.815. The van der Waals surface area contributed by atoms with Crippen LogP contribution in [0.5, 0.6) is 0 Å². The standard InChI is InChI=1S/C11H15ClN2O3S/c1-7(12)11(15)14-8(2)9-3-5-10(6-4-9)18(13,16)17/h3-8H,1-2H3,(H,14,15)(H2,13,16,17)/t7-,8-/m0/s1. The lowest BCUT2D eigenvalue weighted by Crippen LogP contribution is -2.31.